The molecule has 0 N–H and O–H groups in total. The summed E-state index contributed by atoms with van der Waals surface area (Å²) in [5.41, 5.74) is 1.38. The molecule has 0 aliphatic carbocycles. The smallest absolute Gasteiger partial charge is 0.119 e. The normalized spacial score (nSPS) is 11.6. The van der Waals surface area contributed by atoms with Gasteiger partial charge in [0.2, 0.25) is 0 Å². The molecule has 0 atom stereocenters. The van der Waals surface area contributed by atoms with Gasteiger partial charge in [0.05, 0.1) is 145 Å². The Bertz CT molecular complexity index is 814. The van der Waals surface area contributed by atoms with E-state index in [4.69, 9.17) is 56.8 Å². The Morgan fingerprint density at radius 1 is 0.365 bits per heavy atom. The highest BCUT2D eigenvalue weighted by atomic mass is 16.6. The highest BCUT2D eigenvalue weighted by Gasteiger charge is 2.00. The molecule has 0 aliphatic heterocycles. The molecule has 0 bridgehead atoms. The van der Waals surface area contributed by atoms with Crippen LogP contribution in [0.3, 0.4) is 0 Å². The molecule has 306 valence electrons. The average Bonchev–Trinajstić information content (AvgIpc) is 3.15. The molecule has 0 aliphatic rings. The summed E-state index contributed by atoms with van der Waals surface area (Å²) >= 11 is 0. The fourth-order valence-electron chi connectivity index (χ4n) is 4.68. The maximum Gasteiger partial charge on any atom is 0.119 e. The summed E-state index contributed by atoms with van der Waals surface area (Å²) in [6.45, 7) is 18.0. The summed E-state index contributed by atoms with van der Waals surface area (Å²) in [5.74, 6) is 0.887. The van der Waals surface area contributed by atoms with Gasteiger partial charge in [-0.2, -0.15) is 0 Å². The average molecular weight is 747 g/mol. The van der Waals surface area contributed by atoms with Crippen molar-refractivity contribution < 1.29 is 56.8 Å². The summed E-state index contributed by atoms with van der Waals surface area (Å²) in [5, 5.41) is 0. The van der Waals surface area contributed by atoms with Crippen molar-refractivity contribution in [3.05, 3.63) is 29.8 Å². The van der Waals surface area contributed by atoms with Crippen LogP contribution in [0.2, 0.25) is 0 Å². The highest BCUT2D eigenvalue weighted by molar-refractivity contribution is 5.27. The van der Waals surface area contributed by atoms with Gasteiger partial charge in [0.25, 0.3) is 0 Å². The summed E-state index contributed by atoms with van der Waals surface area (Å²) in [4.78, 5) is 0. The first-order valence-corrected chi connectivity index (χ1v) is 19.8. The minimum absolute atomic E-state index is 0.231. The second-order valence-corrected chi connectivity index (χ2v) is 12.4. The molecule has 0 saturated carbocycles. The predicted molar refractivity (Wildman–Crippen MR) is 203 cm³/mol. The highest BCUT2D eigenvalue weighted by Crippen LogP contribution is 2.15. The molecule has 12 heteroatoms. The minimum atomic E-state index is 0.231. The van der Waals surface area contributed by atoms with E-state index in [1.54, 1.807) is 0 Å². The van der Waals surface area contributed by atoms with Crippen LogP contribution in [0.5, 0.6) is 5.75 Å². The van der Waals surface area contributed by atoms with Crippen LogP contribution in [0.1, 0.15) is 71.3 Å². The molecule has 1 aromatic rings. The third-order valence-electron chi connectivity index (χ3n) is 7.52. The third-order valence-corrected chi connectivity index (χ3v) is 7.52. The maximum atomic E-state index is 5.79. The minimum Gasteiger partial charge on any atom is -0.491 e. The van der Waals surface area contributed by atoms with Crippen molar-refractivity contribution >= 4 is 0 Å². The molecular weight excluding hydrogens is 672 g/mol. The van der Waals surface area contributed by atoms with E-state index in [1.807, 2.05) is 13.8 Å². The zero-order chi connectivity index (χ0) is 37.3. The SMILES string of the molecule is CCCCCCCCCc1ccc(OCCOCCOCCOCCOCCOCCOCCOCCOCCOCCOCCOC(C)C)cc1. The fraction of sp³-hybridized carbons (Fsp3) is 0.850. The summed E-state index contributed by atoms with van der Waals surface area (Å²) in [6.07, 6.45) is 10.8. The molecule has 0 heterocycles. The molecule has 12 nitrogen and oxygen atoms in total. The standard InChI is InChI=1S/C40H74O12/c1-4-5-6-7-8-9-10-11-39-12-14-40(15-13-39)52-37-35-50-33-31-48-29-27-46-25-23-44-21-19-42-17-16-41-18-20-43-22-24-45-26-28-47-30-32-49-34-36-51-38(2)3/h12-15,38H,4-11,16-37H2,1-3H3. The van der Waals surface area contributed by atoms with E-state index in [9.17, 15) is 0 Å². The van der Waals surface area contributed by atoms with Gasteiger partial charge < -0.3 is 56.8 Å². The summed E-state index contributed by atoms with van der Waals surface area (Å²) in [7, 11) is 0. The summed E-state index contributed by atoms with van der Waals surface area (Å²) in [6, 6.07) is 8.46. The Kier molecular flexibility index (Phi) is 38.1. The molecule has 0 unspecified atom stereocenters. The van der Waals surface area contributed by atoms with Crippen LogP contribution in [0.15, 0.2) is 24.3 Å². The van der Waals surface area contributed by atoms with E-state index in [0.717, 1.165) is 12.2 Å². The van der Waals surface area contributed by atoms with Crippen molar-refractivity contribution in [3.63, 3.8) is 0 Å². The second kappa shape index (κ2) is 40.8. The first-order chi connectivity index (χ1) is 25.7. The number of ether oxygens (including phenoxy) is 12. The Labute approximate surface area is 315 Å². The van der Waals surface area contributed by atoms with Gasteiger partial charge in [0.15, 0.2) is 0 Å². The number of aryl methyl sites for hydroxylation is 1. The molecule has 0 radical (unpaired) electrons. The molecule has 0 aromatic heterocycles. The number of benzene rings is 1. The van der Waals surface area contributed by atoms with Gasteiger partial charge in [-0.15, -0.1) is 0 Å². The topological polar surface area (TPSA) is 111 Å². The number of hydrogen-bond acceptors (Lipinski definition) is 12. The largest absolute Gasteiger partial charge is 0.491 e. The lowest BCUT2D eigenvalue weighted by Crippen LogP contribution is -2.15. The second-order valence-electron chi connectivity index (χ2n) is 12.4. The van der Waals surface area contributed by atoms with Crippen LogP contribution in [0, 0.1) is 0 Å². The van der Waals surface area contributed by atoms with Crippen LogP contribution in [-0.4, -0.2) is 151 Å². The Hall–Kier alpha value is -1.42. The van der Waals surface area contributed by atoms with Crippen molar-refractivity contribution in [2.75, 3.05) is 145 Å². The van der Waals surface area contributed by atoms with Crippen LogP contribution in [0.4, 0.5) is 0 Å². The third kappa shape index (κ3) is 36.9. The van der Waals surface area contributed by atoms with Crippen LogP contribution in [0.25, 0.3) is 0 Å². The monoisotopic (exact) mass is 747 g/mol. The van der Waals surface area contributed by atoms with Gasteiger partial charge in [-0.1, -0.05) is 57.6 Å². The first kappa shape index (κ1) is 48.6. The van der Waals surface area contributed by atoms with Gasteiger partial charge in [0, 0.05) is 0 Å². The lowest BCUT2D eigenvalue weighted by Gasteiger charge is -2.09. The van der Waals surface area contributed by atoms with Gasteiger partial charge in [-0.05, 0) is 44.4 Å². The molecule has 0 amide bonds. The molecular formula is C40H74O12. The Morgan fingerprint density at radius 3 is 1.02 bits per heavy atom. The Balaban J connectivity index is 1.68. The van der Waals surface area contributed by atoms with E-state index in [-0.39, 0.29) is 6.10 Å². The zero-order valence-corrected chi connectivity index (χ0v) is 33.0. The van der Waals surface area contributed by atoms with E-state index in [1.165, 1.54) is 50.5 Å². The van der Waals surface area contributed by atoms with Crippen molar-refractivity contribution in [3.8, 4) is 5.75 Å². The van der Waals surface area contributed by atoms with Crippen molar-refractivity contribution in [1.82, 2.24) is 0 Å². The van der Waals surface area contributed by atoms with E-state index in [0.29, 0.717) is 145 Å². The molecule has 0 saturated heterocycles. The van der Waals surface area contributed by atoms with Crippen LogP contribution in [-0.2, 0) is 58.5 Å². The number of hydrogen-bond donors (Lipinski definition) is 0. The van der Waals surface area contributed by atoms with E-state index >= 15 is 0 Å². The summed E-state index contributed by atoms with van der Waals surface area (Å²) < 4.78 is 66.2. The number of unbranched alkanes of at least 4 members (excludes halogenated alkanes) is 6. The predicted octanol–water partition coefficient (Wildman–Crippen LogP) is 5.95. The molecule has 1 aromatic carbocycles. The van der Waals surface area contributed by atoms with Gasteiger partial charge in [-0.25, -0.2) is 0 Å². The quantitative estimate of drug-likeness (QED) is 0.0737. The lowest BCUT2D eigenvalue weighted by molar-refractivity contribution is -0.0288. The molecule has 0 fully saturated rings. The van der Waals surface area contributed by atoms with Crippen molar-refractivity contribution in [1.29, 1.82) is 0 Å². The lowest BCUT2D eigenvalue weighted by atomic mass is 10.0. The molecule has 52 heavy (non-hydrogen) atoms. The zero-order valence-electron chi connectivity index (χ0n) is 33.0. The van der Waals surface area contributed by atoms with Crippen LogP contribution >= 0.6 is 0 Å². The number of rotatable bonds is 43. The van der Waals surface area contributed by atoms with Crippen LogP contribution < -0.4 is 4.74 Å². The first-order valence-electron chi connectivity index (χ1n) is 19.8. The van der Waals surface area contributed by atoms with Gasteiger partial charge in [0.1, 0.15) is 12.4 Å². The van der Waals surface area contributed by atoms with E-state index in [2.05, 4.69) is 31.2 Å². The van der Waals surface area contributed by atoms with Gasteiger partial charge >= 0.3 is 0 Å². The Morgan fingerprint density at radius 2 is 0.673 bits per heavy atom. The van der Waals surface area contributed by atoms with E-state index < -0.39 is 0 Å². The van der Waals surface area contributed by atoms with Crippen molar-refractivity contribution in [2.45, 2.75) is 78.2 Å². The van der Waals surface area contributed by atoms with Gasteiger partial charge in [-0.3, -0.25) is 0 Å². The molecule has 1 rings (SSSR count). The maximum absolute atomic E-state index is 5.79. The fourth-order valence-corrected chi connectivity index (χ4v) is 4.68. The van der Waals surface area contributed by atoms with Crippen molar-refractivity contribution in [2.24, 2.45) is 0 Å². The molecule has 0 spiro atoms.